The van der Waals surface area contributed by atoms with Crippen LogP contribution < -0.4 is 15.4 Å². The standard InChI is InChI=1S/C29H32FN3O3/c1-21-13-15-33(16-14-21)19-23-8-6-7-22(17-23)18-31-29(35)24-9-2-5-12-27(24)36-20-28(34)32-26-11-4-3-10-25(26)30/h2-12,17,21H,13-16,18-20H2,1H3,(H,31,35)(H,32,34). The number of ether oxygens (including phenoxy) is 1. The first-order chi connectivity index (χ1) is 17.5. The number of benzene rings is 3. The van der Waals surface area contributed by atoms with Gasteiger partial charge in [-0.3, -0.25) is 14.5 Å². The molecule has 0 spiro atoms. The predicted molar refractivity (Wildman–Crippen MR) is 138 cm³/mol. The lowest BCUT2D eigenvalue weighted by Crippen LogP contribution is -2.32. The fourth-order valence-corrected chi connectivity index (χ4v) is 4.27. The van der Waals surface area contributed by atoms with Crippen molar-refractivity contribution in [3.63, 3.8) is 0 Å². The number of hydrogen-bond donors (Lipinski definition) is 2. The quantitative estimate of drug-likeness (QED) is 0.444. The number of halogens is 1. The van der Waals surface area contributed by atoms with E-state index >= 15 is 0 Å². The summed E-state index contributed by atoms with van der Waals surface area (Å²) in [6, 6.07) is 20.9. The molecule has 0 unspecified atom stereocenters. The number of carbonyl (C=O) groups is 2. The summed E-state index contributed by atoms with van der Waals surface area (Å²) in [5.41, 5.74) is 2.67. The molecule has 0 aromatic heterocycles. The van der Waals surface area contributed by atoms with Crippen LogP contribution in [0.25, 0.3) is 0 Å². The van der Waals surface area contributed by atoms with Gasteiger partial charge in [-0.2, -0.15) is 0 Å². The van der Waals surface area contributed by atoms with E-state index in [-0.39, 0.29) is 24.0 Å². The highest BCUT2D eigenvalue weighted by atomic mass is 19.1. The zero-order chi connectivity index (χ0) is 25.3. The van der Waals surface area contributed by atoms with E-state index in [1.54, 1.807) is 36.4 Å². The molecule has 36 heavy (non-hydrogen) atoms. The van der Waals surface area contributed by atoms with Gasteiger partial charge >= 0.3 is 0 Å². The van der Waals surface area contributed by atoms with Crippen molar-refractivity contribution in [2.24, 2.45) is 5.92 Å². The third kappa shape index (κ3) is 7.15. The van der Waals surface area contributed by atoms with Crippen LogP contribution in [0, 0.1) is 11.7 Å². The number of hydrogen-bond acceptors (Lipinski definition) is 4. The number of para-hydroxylation sites is 2. The Morgan fingerprint density at radius 3 is 2.50 bits per heavy atom. The molecule has 3 aromatic rings. The van der Waals surface area contributed by atoms with Crippen molar-refractivity contribution in [3.8, 4) is 5.75 Å². The van der Waals surface area contributed by atoms with Crippen molar-refractivity contribution < 1.29 is 18.7 Å². The molecule has 1 saturated heterocycles. The van der Waals surface area contributed by atoms with Crippen LogP contribution in [0.5, 0.6) is 5.75 Å². The van der Waals surface area contributed by atoms with Crippen LogP contribution in [-0.4, -0.2) is 36.4 Å². The third-order valence-corrected chi connectivity index (χ3v) is 6.37. The van der Waals surface area contributed by atoms with Gasteiger partial charge in [0, 0.05) is 13.1 Å². The molecule has 0 atom stereocenters. The van der Waals surface area contributed by atoms with Gasteiger partial charge in [0.15, 0.2) is 6.61 Å². The van der Waals surface area contributed by atoms with Crippen molar-refractivity contribution in [1.29, 1.82) is 0 Å². The molecule has 1 aliphatic rings. The van der Waals surface area contributed by atoms with Gasteiger partial charge in [0.25, 0.3) is 11.8 Å². The smallest absolute Gasteiger partial charge is 0.262 e. The molecule has 0 radical (unpaired) electrons. The Labute approximate surface area is 211 Å². The summed E-state index contributed by atoms with van der Waals surface area (Å²) < 4.78 is 19.3. The fraction of sp³-hybridized carbons (Fsp3) is 0.310. The minimum absolute atomic E-state index is 0.0780. The minimum Gasteiger partial charge on any atom is -0.483 e. The molecular weight excluding hydrogens is 457 g/mol. The minimum atomic E-state index is -0.528. The monoisotopic (exact) mass is 489 g/mol. The van der Waals surface area contributed by atoms with Crippen LogP contribution >= 0.6 is 0 Å². The van der Waals surface area contributed by atoms with Gasteiger partial charge in [0.05, 0.1) is 11.3 Å². The fourth-order valence-electron chi connectivity index (χ4n) is 4.27. The Bertz CT molecular complexity index is 1190. The second kappa shape index (κ2) is 12.3. The highest BCUT2D eigenvalue weighted by Gasteiger charge is 2.16. The molecule has 188 valence electrons. The maximum atomic E-state index is 13.8. The second-order valence-corrected chi connectivity index (χ2v) is 9.27. The SMILES string of the molecule is CC1CCN(Cc2cccc(CNC(=O)c3ccccc3OCC(=O)Nc3ccccc3F)c2)CC1. The van der Waals surface area contributed by atoms with E-state index in [2.05, 4.69) is 34.6 Å². The molecule has 0 saturated carbocycles. The topological polar surface area (TPSA) is 70.7 Å². The lowest BCUT2D eigenvalue weighted by Gasteiger charge is -2.30. The maximum absolute atomic E-state index is 13.8. The van der Waals surface area contributed by atoms with Gasteiger partial charge in [0.2, 0.25) is 0 Å². The lowest BCUT2D eigenvalue weighted by molar-refractivity contribution is -0.118. The van der Waals surface area contributed by atoms with Crippen LogP contribution in [0.15, 0.2) is 72.8 Å². The van der Waals surface area contributed by atoms with Crippen molar-refractivity contribution in [2.45, 2.75) is 32.9 Å². The molecule has 6 nitrogen and oxygen atoms in total. The number of likely N-dealkylation sites (tertiary alicyclic amines) is 1. The average molecular weight is 490 g/mol. The normalized spacial score (nSPS) is 14.3. The second-order valence-electron chi connectivity index (χ2n) is 9.27. The third-order valence-electron chi connectivity index (χ3n) is 6.37. The van der Waals surface area contributed by atoms with Gasteiger partial charge in [-0.1, -0.05) is 55.5 Å². The Hall–Kier alpha value is -3.71. The summed E-state index contributed by atoms with van der Waals surface area (Å²) in [5.74, 6) is -0.256. The number of carbonyl (C=O) groups excluding carboxylic acids is 2. The summed E-state index contributed by atoms with van der Waals surface area (Å²) in [6.07, 6.45) is 2.48. The van der Waals surface area contributed by atoms with Crippen molar-refractivity contribution in [1.82, 2.24) is 10.2 Å². The largest absolute Gasteiger partial charge is 0.483 e. The molecule has 0 bridgehead atoms. The molecule has 2 N–H and O–H groups in total. The molecule has 1 heterocycles. The molecule has 3 aromatic carbocycles. The van der Waals surface area contributed by atoms with E-state index < -0.39 is 11.7 Å². The molecule has 0 aliphatic carbocycles. The molecule has 7 heteroatoms. The molecule has 1 aliphatic heterocycles. The van der Waals surface area contributed by atoms with Gasteiger partial charge in [0.1, 0.15) is 11.6 Å². The van der Waals surface area contributed by atoms with Crippen LogP contribution in [-0.2, 0) is 17.9 Å². The van der Waals surface area contributed by atoms with Gasteiger partial charge in [-0.25, -0.2) is 4.39 Å². The summed E-state index contributed by atoms with van der Waals surface area (Å²) in [7, 11) is 0. The summed E-state index contributed by atoms with van der Waals surface area (Å²) in [4.78, 5) is 27.6. The van der Waals surface area contributed by atoms with Gasteiger partial charge in [-0.05, 0) is 67.2 Å². The zero-order valence-electron chi connectivity index (χ0n) is 20.5. The summed E-state index contributed by atoms with van der Waals surface area (Å²) >= 11 is 0. The van der Waals surface area contributed by atoms with E-state index in [1.165, 1.54) is 30.5 Å². The summed E-state index contributed by atoms with van der Waals surface area (Å²) in [6.45, 7) is 5.50. The highest BCUT2D eigenvalue weighted by molar-refractivity contribution is 5.97. The van der Waals surface area contributed by atoms with E-state index in [4.69, 9.17) is 4.74 Å². The van der Waals surface area contributed by atoms with Gasteiger partial charge in [-0.15, -0.1) is 0 Å². The summed E-state index contributed by atoms with van der Waals surface area (Å²) in [5, 5.41) is 5.41. The Kier molecular flexibility index (Phi) is 8.68. The number of piperidine rings is 1. The van der Waals surface area contributed by atoms with Gasteiger partial charge < -0.3 is 15.4 Å². The number of rotatable bonds is 9. The first kappa shape index (κ1) is 25.4. The Morgan fingerprint density at radius 2 is 1.69 bits per heavy atom. The maximum Gasteiger partial charge on any atom is 0.262 e. The average Bonchev–Trinajstić information content (AvgIpc) is 2.89. The van der Waals surface area contributed by atoms with E-state index in [1.807, 2.05) is 12.1 Å². The van der Waals surface area contributed by atoms with Crippen LogP contribution in [0.2, 0.25) is 0 Å². The molecule has 2 amide bonds. The van der Waals surface area contributed by atoms with Crippen LogP contribution in [0.4, 0.5) is 10.1 Å². The van der Waals surface area contributed by atoms with Crippen LogP contribution in [0.1, 0.15) is 41.3 Å². The van der Waals surface area contributed by atoms with E-state index in [0.29, 0.717) is 12.1 Å². The number of amides is 2. The van der Waals surface area contributed by atoms with E-state index in [0.717, 1.165) is 31.1 Å². The Balaban J connectivity index is 1.31. The first-order valence-electron chi connectivity index (χ1n) is 12.3. The van der Waals surface area contributed by atoms with Crippen molar-refractivity contribution >= 4 is 17.5 Å². The highest BCUT2D eigenvalue weighted by Crippen LogP contribution is 2.20. The number of nitrogens with zero attached hydrogens (tertiary/aromatic N) is 1. The van der Waals surface area contributed by atoms with Crippen molar-refractivity contribution in [2.75, 3.05) is 25.0 Å². The van der Waals surface area contributed by atoms with Crippen LogP contribution in [0.3, 0.4) is 0 Å². The molecular formula is C29H32FN3O3. The zero-order valence-corrected chi connectivity index (χ0v) is 20.5. The lowest BCUT2D eigenvalue weighted by atomic mass is 9.98. The van der Waals surface area contributed by atoms with Crippen molar-refractivity contribution in [3.05, 3.63) is 95.3 Å². The molecule has 4 rings (SSSR count). The number of nitrogens with one attached hydrogen (secondary N) is 2. The first-order valence-corrected chi connectivity index (χ1v) is 12.3. The molecule has 1 fully saturated rings. The Morgan fingerprint density at radius 1 is 0.972 bits per heavy atom. The van der Waals surface area contributed by atoms with E-state index in [9.17, 15) is 14.0 Å². The number of anilines is 1. The predicted octanol–water partition coefficient (Wildman–Crippen LogP) is 5.01.